The first kappa shape index (κ1) is 16.2. The fourth-order valence-corrected chi connectivity index (χ4v) is 4.59. The van der Waals surface area contributed by atoms with Crippen LogP contribution in [-0.2, 0) is 14.9 Å². The average Bonchev–Trinajstić information content (AvgIpc) is 2.47. The lowest BCUT2D eigenvalue weighted by Crippen LogP contribution is -2.55. The third kappa shape index (κ3) is 3.51. The molecular weight excluding hydrogens is 278 g/mol. The van der Waals surface area contributed by atoms with Crippen LogP contribution in [0, 0.1) is 0 Å². The van der Waals surface area contributed by atoms with E-state index in [-0.39, 0.29) is 18.2 Å². The molecule has 0 amide bonds. The number of nitrogens with two attached hydrogens (primary N) is 1. The normalized spacial score (nSPS) is 28.7. The standard InChI is InChI=1S/C13H27N3O3S/c1-11(14)13-10-16(8-9-19-13)20(17,18)15(2)12-6-4-3-5-7-12/h11-13H,3-10,14H2,1-2H3. The Morgan fingerprint density at radius 1 is 1.30 bits per heavy atom. The van der Waals surface area contributed by atoms with Crippen LogP contribution in [0.5, 0.6) is 0 Å². The molecule has 1 saturated carbocycles. The molecule has 2 atom stereocenters. The van der Waals surface area contributed by atoms with Crippen molar-refractivity contribution in [3.63, 3.8) is 0 Å². The molecule has 1 heterocycles. The van der Waals surface area contributed by atoms with Crippen molar-refractivity contribution in [2.75, 3.05) is 26.7 Å². The molecule has 0 aromatic carbocycles. The van der Waals surface area contributed by atoms with Gasteiger partial charge in [0.05, 0.1) is 12.7 Å². The molecule has 2 rings (SSSR count). The van der Waals surface area contributed by atoms with Gasteiger partial charge in [-0.1, -0.05) is 19.3 Å². The van der Waals surface area contributed by atoms with Crippen LogP contribution in [0.1, 0.15) is 39.0 Å². The lowest BCUT2D eigenvalue weighted by Gasteiger charge is -2.38. The summed E-state index contributed by atoms with van der Waals surface area (Å²) in [5.74, 6) is 0. The van der Waals surface area contributed by atoms with Crippen molar-refractivity contribution < 1.29 is 13.2 Å². The van der Waals surface area contributed by atoms with Crippen LogP contribution < -0.4 is 5.73 Å². The van der Waals surface area contributed by atoms with Crippen molar-refractivity contribution in [1.82, 2.24) is 8.61 Å². The molecule has 118 valence electrons. The first-order valence-electron chi connectivity index (χ1n) is 7.53. The molecule has 2 unspecified atom stereocenters. The Hall–Kier alpha value is -0.210. The SMILES string of the molecule is CC(N)C1CN(S(=O)(=O)N(C)C2CCCCC2)CCO1. The minimum absolute atomic E-state index is 0.144. The van der Waals surface area contributed by atoms with Gasteiger partial charge >= 0.3 is 0 Å². The second kappa shape index (κ2) is 6.70. The van der Waals surface area contributed by atoms with Crippen molar-refractivity contribution in [2.45, 2.75) is 57.2 Å². The highest BCUT2D eigenvalue weighted by atomic mass is 32.2. The maximum atomic E-state index is 12.7. The summed E-state index contributed by atoms with van der Waals surface area (Å²) in [5, 5.41) is 0. The summed E-state index contributed by atoms with van der Waals surface area (Å²) in [5.41, 5.74) is 5.83. The van der Waals surface area contributed by atoms with Crippen molar-refractivity contribution in [3.05, 3.63) is 0 Å². The number of rotatable bonds is 4. The average molecular weight is 305 g/mol. The summed E-state index contributed by atoms with van der Waals surface area (Å²) >= 11 is 0. The Morgan fingerprint density at radius 3 is 2.55 bits per heavy atom. The minimum Gasteiger partial charge on any atom is -0.374 e. The molecule has 0 aromatic rings. The molecule has 2 fully saturated rings. The van der Waals surface area contributed by atoms with Crippen LogP contribution in [0.2, 0.25) is 0 Å². The Labute approximate surface area is 122 Å². The number of hydrogen-bond donors (Lipinski definition) is 1. The van der Waals surface area contributed by atoms with E-state index in [0.717, 1.165) is 25.7 Å². The Kier molecular flexibility index (Phi) is 5.42. The second-order valence-electron chi connectivity index (χ2n) is 5.94. The molecule has 20 heavy (non-hydrogen) atoms. The van der Waals surface area contributed by atoms with Crippen LogP contribution in [0.25, 0.3) is 0 Å². The van der Waals surface area contributed by atoms with Crippen LogP contribution in [0.15, 0.2) is 0 Å². The molecule has 0 aromatic heterocycles. The predicted octanol–water partition coefficient (Wildman–Crippen LogP) is 0.544. The van der Waals surface area contributed by atoms with Crippen LogP contribution >= 0.6 is 0 Å². The molecule has 0 radical (unpaired) electrons. The smallest absolute Gasteiger partial charge is 0.282 e. The van der Waals surface area contributed by atoms with Gasteiger partial charge < -0.3 is 10.5 Å². The van der Waals surface area contributed by atoms with E-state index in [9.17, 15) is 8.42 Å². The van der Waals surface area contributed by atoms with E-state index in [0.29, 0.717) is 19.7 Å². The van der Waals surface area contributed by atoms with E-state index in [1.807, 2.05) is 6.92 Å². The van der Waals surface area contributed by atoms with Crippen LogP contribution in [0.3, 0.4) is 0 Å². The quantitative estimate of drug-likeness (QED) is 0.823. The summed E-state index contributed by atoms with van der Waals surface area (Å²) in [6, 6.07) is -0.0154. The van der Waals surface area contributed by atoms with E-state index in [2.05, 4.69) is 0 Å². The van der Waals surface area contributed by atoms with Gasteiger partial charge in [-0.3, -0.25) is 0 Å². The van der Waals surface area contributed by atoms with Crippen molar-refractivity contribution in [3.8, 4) is 0 Å². The summed E-state index contributed by atoms with van der Waals surface area (Å²) in [6.45, 7) is 3.05. The fraction of sp³-hybridized carbons (Fsp3) is 1.00. The molecule has 0 bridgehead atoms. The Bertz CT molecular complexity index is 407. The van der Waals surface area contributed by atoms with Crippen molar-refractivity contribution >= 4 is 10.2 Å². The van der Waals surface area contributed by atoms with Gasteiger partial charge in [-0.25, -0.2) is 0 Å². The van der Waals surface area contributed by atoms with Gasteiger partial charge in [0.1, 0.15) is 0 Å². The lowest BCUT2D eigenvalue weighted by molar-refractivity contribution is -0.0138. The lowest BCUT2D eigenvalue weighted by atomic mass is 9.96. The van der Waals surface area contributed by atoms with Gasteiger partial charge in [-0.2, -0.15) is 17.0 Å². The zero-order valence-electron chi connectivity index (χ0n) is 12.5. The third-order valence-electron chi connectivity index (χ3n) is 4.42. The summed E-state index contributed by atoms with van der Waals surface area (Å²) in [6.07, 6.45) is 5.19. The highest BCUT2D eigenvalue weighted by molar-refractivity contribution is 7.86. The van der Waals surface area contributed by atoms with Gasteiger partial charge in [0.15, 0.2) is 0 Å². The third-order valence-corrected chi connectivity index (χ3v) is 6.43. The maximum absolute atomic E-state index is 12.7. The highest BCUT2D eigenvalue weighted by Gasteiger charge is 2.36. The molecule has 6 nitrogen and oxygen atoms in total. The van der Waals surface area contributed by atoms with Crippen LogP contribution in [-0.4, -0.2) is 62.0 Å². The van der Waals surface area contributed by atoms with Crippen LogP contribution in [0.4, 0.5) is 0 Å². The van der Waals surface area contributed by atoms with E-state index >= 15 is 0 Å². The molecule has 7 heteroatoms. The molecule has 1 aliphatic heterocycles. The molecule has 1 aliphatic carbocycles. The van der Waals surface area contributed by atoms with E-state index in [4.69, 9.17) is 10.5 Å². The predicted molar refractivity (Wildman–Crippen MR) is 78.5 cm³/mol. The van der Waals surface area contributed by atoms with Gasteiger partial charge in [0, 0.05) is 32.2 Å². The zero-order valence-corrected chi connectivity index (χ0v) is 13.3. The second-order valence-corrected chi connectivity index (χ2v) is 7.93. The first-order valence-corrected chi connectivity index (χ1v) is 8.93. The molecule has 2 aliphatic rings. The molecule has 0 spiro atoms. The topological polar surface area (TPSA) is 75.9 Å². The molecular formula is C13H27N3O3S. The van der Waals surface area contributed by atoms with Gasteiger partial charge in [0.25, 0.3) is 10.2 Å². The highest BCUT2D eigenvalue weighted by Crippen LogP contribution is 2.25. The van der Waals surface area contributed by atoms with Gasteiger partial charge in [-0.05, 0) is 19.8 Å². The van der Waals surface area contributed by atoms with Crippen molar-refractivity contribution in [2.24, 2.45) is 5.73 Å². The Morgan fingerprint density at radius 2 is 1.95 bits per heavy atom. The monoisotopic (exact) mass is 305 g/mol. The number of nitrogens with zero attached hydrogens (tertiary/aromatic N) is 2. The maximum Gasteiger partial charge on any atom is 0.282 e. The van der Waals surface area contributed by atoms with E-state index in [1.165, 1.54) is 10.7 Å². The first-order chi connectivity index (χ1) is 9.43. The minimum atomic E-state index is -3.40. The van der Waals surface area contributed by atoms with Crippen molar-refractivity contribution in [1.29, 1.82) is 0 Å². The van der Waals surface area contributed by atoms with Gasteiger partial charge in [-0.15, -0.1) is 0 Å². The summed E-state index contributed by atoms with van der Waals surface area (Å²) < 4.78 is 34.0. The number of hydrogen-bond acceptors (Lipinski definition) is 4. The Balaban J connectivity index is 2.04. The van der Waals surface area contributed by atoms with E-state index in [1.54, 1.807) is 11.4 Å². The fourth-order valence-electron chi connectivity index (χ4n) is 2.99. The van der Waals surface area contributed by atoms with Gasteiger partial charge in [0.2, 0.25) is 0 Å². The number of morpholine rings is 1. The summed E-state index contributed by atoms with van der Waals surface area (Å²) in [7, 11) is -1.69. The number of ether oxygens (including phenoxy) is 1. The molecule has 2 N–H and O–H groups in total. The summed E-state index contributed by atoms with van der Waals surface area (Å²) in [4.78, 5) is 0. The molecule has 1 saturated heterocycles. The van der Waals surface area contributed by atoms with E-state index < -0.39 is 10.2 Å². The zero-order chi connectivity index (χ0) is 14.8. The largest absolute Gasteiger partial charge is 0.374 e.